The third kappa shape index (κ3) is 3.78. The number of methoxy groups -OCH3 is 1. The summed E-state index contributed by atoms with van der Waals surface area (Å²) in [6, 6.07) is -0.426. The molecule has 0 radical (unpaired) electrons. The lowest BCUT2D eigenvalue weighted by molar-refractivity contribution is -0.144. The molecule has 0 amide bonds. The number of thiazole rings is 1. The van der Waals surface area contributed by atoms with E-state index in [0.717, 1.165) is 11.3 Å². The molecule has 0 aliphatic heterocycles. The fourth-order valence-corrected chi connectivity index (χ4v) is 2.07. The minimum Gasteiger partial charge on any atom is -0.476 e. The highest BCUT2D eigenvalue weighted by atomic mass is 32.1. The fraction of sp³-hybridized carbons (Fsp3) is 0.545. The van der Waals surface area contributed by atoms with Crippen molar-refractivity contribution in [3.05, 3.63) is 16.1 Å². The third-order valence-electron chi connectivity index (χ3n) is 2.36. The molecule has 2 N–H and O–H groups in total. The summed E-state index contributed by atoms with van der Waals surface area (Å²) in [7, 11) is 1.34. The number of carbonyl (C=O) groups is 2. The van der Waals surface area contributed by atoms with Crippen LogP contribution >= 0.6 is 11.3 Å². The van der Waals surface area contributed by atoms with Crippen molar-refractivity contribution >= 4 is 23.3 Å². The van der Waals surface area contributed by atoms with E-state index in [4.69, 9.17) is 9.84 Å². The fourth-order valence-electron chi connectivity index (χ4n) is 1.42. The van der Waals surface area contributed by atoms with E-state index in [2.05, 4.69) is 10.3 Å². The molecular weight excluding hydrogens is 256 g/mol. The number of carboxylic acid groups (broad SMARTS) is 1. The van der Waals surface area contributed by atoms with Crippen molar-refractivity contribution in [2.75, 3.05) is 7.11 Å². The van der Waals surface area contributed by atoms with Gasteiger partial charge in [-0.3, -0.25) is 10.1 Å². The summed E-state index contributed by atoms with van der Waals surface area (Å²) >= 11 is 1.07. The van der Waals surface area contributed by atoms with Gasteiger partial charge in [0.15, 0.2) is 0 Å². The van der Waals surface area contributed by atoms with Gasteiger partial charge in [0.05, 0.1) is 12.8 Å². The van der Waals surface area contributed by atoms with Crippen LogP contribution in [0.15, 0.2) is 5.38 Å². The van der Waals surface area contributed by atoms with Gasteiger partial charge in [0.1, 0.15) is 6.04 Å². The van der Waals surface area contributed by atoms with Crippen LogP contribution in [0.4, 0.5) is 0 Å². The minimum atomic E-state index is -1.04. The summed E-state index contributed by atoms with van der Waals surface area (Å²) in [5, 5.41) is 13.5. The number of aromatic nitrogens is 1. The number of hydrogen-bond acceptors (Lipinski definition) is 6. The third-order valence-corrected chi connectivity index (χ3v) is 3.24. The Morgan fingerprint density at radius 2 is 2.22 bits per heavy atom. The summed E-state index contributed by atoms with van der Waals surface area (Å²) in [6.07, 6.45) is 0. The van der Waals surface area contributed by atoms with Gasteiger partial charge in [0, 0.05) is 11.9 Å². The lowest BCUT2D eigenvalue weighted by Crippen LogP contribution is -2.41. The Morgan fingerprint density at radius 3 is 2.67 bits per heavy atom. The van der Waals surface area contributed by atoms with Crippen LogP contribution in [0, 0.1) is 5.92 Å². The number of esters is 1. The summed E-state index contributed by atoms with van der Waals surface area (Å²) in [5.41, 5.74) is 0.604. The SMILES string of the molecule is COC(=O)C(NCc1csc(C(=O)O)n1)C(C)C. The molecule has 1 atom stereocenters. The van der Waals surface area contributed by atoms with Crippen LogP contribution in [0.3, 0.4) is 0 Å². The highest BCUT2D eigenvalue weighted by Gasteiger charge is 2.22. The molecule has 0 bridgehead atoms. The molecule has 0 aliphatic rings. The van der Waals surface area contributed by atoms with Gasteiger partial charge in [0.25, 0.3) is 0 Å². The van der Waals surface area contributed by atoms with Gasteiger partial charge in [-0.1, -0.05) is 13.8 Å². The van der Waals surface area contributed by atoms with Crippen LogP contribution in [-0.4, -0.2) is 35.2 Å². The van der Waals surface area contributed by atoms with Crippen LogP contribution < -0.4 is 5.32 Å². The van der Waals surface area contributed by atoms with E-state index >= 15 is 0 Å². The lowest BCUT2D eigenvalue weighted by atomic mass is 10.0. The van der Waals surface area contributed by atoms with Crippen molar-refractivity contribution in [1.82, 2.24) is 10.3 Å². The number of carboxylic acids is 1. The van der Waals surface area contributed by atoms with Gasteiger partial charge < -0.3 is 9.84 Å². The van der Waals surface area contributed by atoms with E-state index < -0.39 is 12.0 Å². The molecule has 1 rings (SSSR count). The molecule has 18 heavy (non-hydrogen) atoms. The number of nitrogens with one attached hydrogen (secondary N) is 1. The topological polar surface area (TPSA) is 88.5 Å². The zero-order chi connectivity index (χ0) is 13.7. The maximum Gasteiger partial charge on any atom is 0.365 e. The lowest BCUT2D eigenvalue weighted by Gasteiger charge is -2.19. The maximum absolute atomic E-state index is 11.5. The normalized spacial score (nSPS) is 12.4. The second-order valence-electron chi connectivity index (χ2n) is 4.07. The smallest absolute Gasteiger partial charge is 0.365 e. The van der Waals surface area contributed by atoms with Crippen LogP contribution in [0.1, 0.15) is 29.3 Å². The van der Waals surface area contributed by atoms with E-state index in [1.807, 2.05) is 13.8 Å². The van der Waals surface area contributed by atoms with Crippen molar-refractivity contribution in [3.8, 4) is 0 Å². The number of aromatic carboxylic acids is 1. The summed E-state index contributed by atoms with van der Waals surface area (Å²) < 4.78 is 4.69. The average molecular weight is 272 g/mol. The number of ether oxygens (including phenoxy) is 1. The Morgan fingerprint density at radius 1 is 1.56 bits per heavy atom. The quantitative estimate of drug-likeness (QED) is 0.755. The van der Waals surface area contributed by atoms with Crippen molar-refractivity contribution in [3.63, 3.8) is 0 Å². The summed E-state index contributed by atoms with van der Waals surface area (Å²) in [5.74, 6) is -1.30. The molecule has 0 saturated carbocycles. The summed E-state index contributed by atoms with van der Waals surface area (Å²) in [6.45, 7) is 4.14. The Balaban J connectivity index is 2.61. The largest absolute Gasteiger partial charge is 0.476 e. The summed E-state index contributed by atoms with van der Waals surface area (Å²) in [4.78, 5) is 26.1. The molecule has 7 heteroatoms. The monoisotopic (exact) mass is 272 g/mol. The molecule has 6 nitrogen and oxygen atoms in total. The maximum atomic E-state index is 11.5. The minimum absolute atomic E-state index is 0.0472. The van der Waals surface area contributed by atoms with E-state index in [0.29, 0.717) is 12.2 Å². The highest BCUT2D eigenvalue weighted by Crippen LogP contribution is 2.11. The van der Waals surface area contributed by atoms with Gasteiger partial charge in [0.2, 0.25) is 5.01 Å². The zero-order valence-electron chi connectivity index (χ0n) is 10.5. The van der Waals surface area contributed by atoms with Crippen molar-refractivity contribution in [1.29, 1.82) is 0 Å². The van der Waals surface area contributed by atoms with Crippen molar-refractivity contribution in [2.45, 2.75) is 26.4 Å². The molecule has 0 fully saturated rings. The second kappa shape index (κ2) is 6.46. The van der Waals surface area contributed by atoms with Crippen LogP contribution in [0.5, 0.6) is 0 Å². The first-order valence-electron chi connectivity index (χ1n) is 5.44. The molecule has 0 saturated heterocycles. The molecule has 0 aromatic carbocycles. The second-order valence-corrected chi connectivity index (χ2v) is 4.93. The number of rotatable bonds is 6. The standard InChI is InChI=1S/C11H16N2O4S/c1-6(2)8(11(16)17-3)12-4-7-5-18-9(13-7)10(14)15/h5-6,8,12H,4H2,1-3H3,(H,14,15). The van der Waals surface area contributed by atoms with E-state index in [1.165, 1.54) is 7.11 Å². The number of hydrogen-bond donors (Lipinski definition) is 2. The Bertz CT molecular complexity index is 430. The Hall–Kier alpha value is -1.47. The number of carbonyl (C=O) groups excluding carboxylic acids is 1. The molecule has 1 heterocycles. The van der Waals surface area contributed by atoms with E-state index in [9.17, 15) is 9.59 Å². The van der Waals surface area contributed by atoms with Gasteiger partial charge in [-0.2, -0.15) is 0 Å². The molecule has 100 valence electrons. The van der Waals surface area contributed by atoms with E-state index in [-0.39, 0.29) is 16.9 Å². The van der Waals surface area contributed by atoms with Gasteiger partial charge in [-0.15, -0.1) is 11.3 Å². The highest BCUT2D eigenvalue weighted by molar-refractivity contribution is 7.11. The molecule has 1 aromatic rings. The molecule has 0 aliphatic carbocycles. The molecule has 1 unspecified atom stereocenters. The van der Waals surface area contributed by atoms with Gasteiger partial charge in [-0.05, 0) is 5.92 Å². The molecule has 0 spiro atoms. The average Bonchev–Trinajstić information content (AvgIpc) is 2.77. The van der Waals surface area contributed by atoms with E-state index in [1.54, 1.807) is 5.38 Å². The van der Waals surface area contributed by atoms with Gasteiger partial charge >= 0.3 is 11.9 Å². The number of nitrogens with zero attached hydrogens (tertiary/aromatic N) is 1. The predicted octanol–water partition coefficient (Wildman–Crippen LogP) is 1.13. The van der Waals surface area contributed by atoms with Gasteiger partial charge in [-0.25, -0.2) is 9.78 Å². The first-order valence-corrected chi connectivity index (χ1v) is 6.32. The van der Waals surface area contributed by atoms with Crippen LogP contribution in [0.25, 0.3) is 0 Å². The van der Waals surface area contributed by atoms with Crippen LogP contribution in [0.2, 0.25) is 0 Å². The zero-order valence-corrected chi connectivity index (χ0v) is 11.3. The first-order chi connectivity index (χ1) is 8.45. The van der Waals surface area contributed by atoms with Crippen molar-refractivity contribution in [2.24, 2.45) is 5.92 Å². The molecular formula is C11H16N2O4S. The predicted molar refractivity (Wildman–Crippen MR) is 66.6 cm³/mol. The Labute approximate surface area is 109 Å². The van der Waals surface area contributed by atoms with Crippen molar-refractivity contribution < 1.29 is 19.4 Å². The Kier molecular flexibility index (Phi) is 5.24. The first kappa shape index (κ1) is 14.6. The van der Waals surface area contributed by atoms with Crippen LogP contribution in [-0.2, 0) is 16.1 Å². The molecule has 1 aromatic heterocycles.